The van der Waals surface area contributed by atoms with Crippen molar-refractivity contribution in [2.45, 2.75) is 113 Å². The molecule has 330 valence electrons. The lowest BCUT2D eigenvalue weighted by molar-refractivity contribution is 0.107. The number of hydrogen-bond donors (Lipinski definition) is 3. The summed E-state index contributed by atoms with van der Waals surface area (Å²) < 4.78 is 0. The molecule has 2 aromatic carbocycles. The number of para-hydroxylation sites is 2. The summed E-state index contributed by atoms with van der Waals surface area (Å²) in [6.07, 6.45) is 16.0. The third-order valence-electron chi connectivity index (χ3n) is 16.0. The van der Waals surface area contributed by atoms with E-state index in [-0.39, 0.29) is 6.04 Å². The summed E-state index contributed by atoms with van der Waals surface area (Å²) in [6, 6.07) is 22.9. The van der Waals surface area contributed by atoms with Gasteiger partial charge in [-0.2, -0.15) is 0 Å². The van der Waals surface area contributed by atoms with Gasteiger partial charge in [0, 0.05) is 62.7 Å². The molecule has 4 saturated heterocycles. The second-order valence-electron chi connectivity index (χ2n) is 20.0. The fourth-order valence-corrected chi connectivity index (χ4v) is 11.8. The van der Waals surface area contributed by atoms with Gasteiger partial charge in [0.15, 0.2) is 0 Å². The molecule has 6 aromatic rings. The first-order valence-corrected chi connectivity index (χ1v) is 23.9. The molecule has 0 bridgehead atoms. The fraction of sp³-hybridized carbons (Fsp3) is 0.529. The molecule has 12 rings (SSSR count). The van der Waals surface area contributed by atoms with Crippen LogP contribution >= 0.6 is 0 Å². The largest absolute Gasteiger partial charge is 0.367 e. The Labute approximate surface area is 372 Å². The highest BCUT2D eigenvalue weighted by molar-refractivity contribution is 5.90. The molecular formula is C51H66N12. The standard InChI is InChI=1S/C26H34N6.C25H32N6/c1-18-7-6-14-27-23(18)20-9-5-11-22(31(20)3)25-28-19-8-4-10-21(24(19)29-25)32-16-15-30(2)26(17-32)12-13-26;1-17-6-5-13-26-22(17)19-8-4-10-21(30(19)2)24-28-18-7-3-9-20(23(18)29-24)31-15-14-27-25(16-31)11-12-25/h4,6-8,10,14,20,22H,5,9,11-13,15-17H2,1-3H3,(H,28,29);3,5-7,9,13,19,21,27H,4,8,10-12,14-16H2,1-2H3,(H,28,29)/t20-,22+;19-,21+/m00/s1. The van der Waals surface area contributed by atoms with Crippen LogP contribution in [0.2, 0.25) is 0 Å². The predicted octanol–water partition coefficient (Wildman–Crippen LogP) is 8.56. The molecule has 12 nitrogen and oxygen atoms in total. The summed E-state index contributed by atoms with van der Waals surface area (Å²) in [5.41, 5.74) is 12.9. The summed E-state index contributed by atoms with van der Waals surface area (Å²) in [4.78, 5) is 39.9. The molecule has 63 heavy (non-hydrogen) atoms. The molecule has 4 aliphatic heterocycles. The number of imidazole rings is 2. The average Bonchev–Trinajstić information content (AvgIpc) is 4.14. The van der Waals surface area contributed by atoms with Gasteiger partial charge in [-0.15, -0.1) is 0 Å². The Balaban J connectivity index is 0.000000141. The second-order valence-corrected chi connectivity index (χ2v) is 20.0. The van der Waals surface area contributed by atoms with Crippen LogP contribution in [0.4, 0.5) is 11.4 Å². The van der Waals surface area contributed by atoms with Crippen LogP contribution in [0.1, 0.15) is 123 Å². The van der Waals surface area contributed by atoms with E-state index >= 15 is 0 Å². The zero-order chi connectivity index (χ0) is 42.9. The van der Waals surface area contributed by atoms with Crippen molar-refractivity contribution in [3.05, 3.63) is 107 Å². The van der Waals surface area contributed by atoms with E-state index < -0.39 is 0 Å². The molecule has 12 heteroatoms. The number of piperidine rings is 2. The minimum absolute atomic E-state index is 0.290. The van der Waals surface area contributed by atoms with Crippen LogP contribution in [0, 0.1) is 13.8 Å². The minimum Gasteiger partial charge on any atom is -0.367 e. The molecule has 4 atom stereocenters. The first-order valence-electron chi connectivity index (χ1n) is 23.9. The van der Waals surface area contributed by atoms with E-state index in [0.29, 0.717) is 29.2 Å². The topological polar surface area (TPSA) is 111 Å². The van der Waals surface area contributed by atoms with Crippen molar-refractivity contribution < 1.29 is 0 Å². The molecule has 4 aromatic heterocycles. The molecule has 6 fully saturated rings. The van der Waals surface area contributed by atoms with Crippen molar-refractivity contribution in [3.8, 4) is 0 Å². The van der Waals surface area contributed by atoms with Gasteiger partial charge in [-0.1, -0.05) is 24.3 Å². The number of nitrogens with one attached hydrogen (secondary N) is 3. The van der Waals surface area contributed by atoms with Gasteiger partial charge in [-0.05, 0) is 147 Å². The Morgan fingerprint density at radius 3 is 1.60 bits per heavy atom. The smallest absolute Gasteiger partial charge is 0.124 e. The van der Waals surface area contributed by atoms with Crippen LogP contribution in [0.3, 0.4) is 0 Å². The monoisotopic (exact) mass is 847 g/mol. The zero-order valence-electron chi connectivity index (χ0n) is 38.1. The normalized spacial score (nSPS) is 26.0. The lowest BCUT2D eigenvalue weighted by atomic mass is 9.92. The van der Waals surface area contributed by atoms with E-state index in [0.717, 1.165) is 98.7 Å². The third kappa shape index (κ3) is 7.60. The van der Waals surface area contributed by atoms with E-state index in [4.69, 9.17) is 19.9 Å². The summed E-state index contributed by atoms with van der Waals surface area (Å²) >= 11 is 0. The Bertz CT molecular complexity index is 2590. The number of nitrogens with zero attached hydrogens (tertiary/aromatic N) is 9. The van der Waals surface area contributed by atoms with E-state index in [1.54, 1.807) is 0 Å². The highest BCUT2D eigenvalue weighted by atomic mass is 15.3. The molecule has 3 N–H and O–H groups in total. The Hall–Kier alpha value is -4.88. The number of H-pyrrole nitrogens is 2. The van der Waals surface area contributed by atoms with Gasteiger partial charge in [0.2, 0.25) is 0 Å². The van der Waals surface area contributed by atoms with Gasteiger partial charge in [-0.3, -0.25) is 24.7 Å². The van der Waals surface area contributed by atoms with E-state index in [2.05, 4.69) is 123 Å². The highest BCUT2D eigenvalue weighted by Gasteiger charge is 2.50. The maximum atomic E-state index is 5.23. The number of aromatic nitrogens is 6. The van der Waals surface area contributed by atoms with Crippen molar-refractivity contribution in [2.75, 3.05) is 70.2 Å². The van der Waals surface area contributed by atoms with Crippen molar-refractivity contribution in [1.82, 2.24) is 49.9 Å². The lowest BCUT2D eigenvalue weighted by Crippen LogP contribution is -2.53. The maximum absolute atomic E-state index is 5.23. The van der Waals surface area contributed by atoms with Gasteiger partial charge in [0.1, 0.15) is 22.7 Å². The fourth-order valence-electron chi connectivity index (χ4n) is 11.8. The third-order valence-corrected chi connectivity index (χ3v) is 16.0. The average molecular weight is 847 g/mol. The summed E-state index contributed by atoms with van der Waals surface area (Å²) in [7, 11) is 6.77. The van der Waals surface area contributed by atoms with Crippen LogP contribution in [0.5, 0.6) is 0 Å². The predicted molar refractivity (Wildman–Crippen MR) is 253 cm³/mol. The number of pyridine rings is 2. The molecule has 6 aliphatic rings. The van der Waals surface area contributed by atoms with Gasteiger partial charge in [-0.25, -0.2) is 9.97 Å². The number of aryl methyl sites for hydroxylation is 2. The molecule has 2 spiro atoms. The van der Waals surface area contributed by atoms with Gasteiger partial charge < -0.3 is 25.1 Å². The zero-order valence-corrected chi connectivity index (χ0v) is 38.1. The molecule has 0 unspecified atom stereocenters. The SMILES string of the molecule is Cc1cccnc1[C@@H]1CCC[C@H](c2nc3c(N4CCN(C)C5(CC5)C4)cccc3[nH]2)N1C.Cc1cccnc1[C@@H]1CCC[C@H](c2nc3c(N4CCNC5(CC5)C4)cccc3[nH]2)N1C. The molecule has 2 aliphatic carbocycles. The molecule has 8 heterocycles. The van der Waals surface area contributed by atoms with Gasteiger partial charge in [0.05, 0.1) is 58.0 Å². The van der Waals surface area contributed by atoms with Crippen molar-refractivity contribution in [3.63, 3.8) is 0 Å². The Kier molecular flexibility index (Phi) is 10.6. The number of hydrogen-bond acceptors (Lipinski definition) is 10. The number of aromatic amines is 2. The maximum Gasteiger partial charge on any atom is 0.124 e. The highest BCUT2D eigenvalue weighted by Crippen LogP contribution is 2.46. The van der Waals surface area contributed by atoms with Crippen molar-refractivity contribution >= 4 is 33.4 Å². The van der Waals surface area contributed by atoms with E-state index in [1.807, 2.05) is 24.5 Å². The number of anilines is 2. The van der Waals surface area contributed by atoms with E-state index in [1.165, 1.54) is 72.4 Å². The number of rotatable bonds is 6. The number of benzene rings is 2. The molecular weight excluding hydrogens is 781 g/mol. The number of likely N-dealkylation sites (tertiary alicyclic amines) is 2. The van der Waals surface area contributed by atoms with Crippen LogP contribution < -0.4 is 15.1 Å². The quantitative estimate of drug-likeness (QED) is 0.151. The number of likely N-dealkylation sites (N-methyl/N-ethyl adjacent to an activating group) is 1. The summed E-state index contributed by atoms with van der Waals surface area (Å²) in [5, 5.41) is 3.72. The Morgan fingerprint density at radius 1 is 0.571 bits per heavy atom. The van der Waals surface area contributed by atoms with Crippen molar-refractivity contribution in [2.24, 2.45) is 0 Å². The van der Waals surface area contributed by atoms with Crippen LogP contribution in [0.25, 0.3) is 22.1 Å². The van der Waals surface area contributed by atoms with Crippen LogP contribution in [-0.4, -0.2) is 116 Å². The Morgan fingerprint density at radius 2 is 1.10 bits per heavy atom. The second kappa shape index (κ2) is 16.3. The number of piperazine rings is 2. The first-order chi connectivity index (χ1) is 30.7. The van der Waals surface area contributed by atoms with Crippen molar-refractivity contribution in [1.29, 1.82) is 0 Å². The molecule has 0 radical (unpaired) electrons. The molecule has 2 saturated carbocycles. The first kappa shape index (κ1) is 40.9. The molecule has 0 amide bonds. The number of fused-ring (bicyclic) bond motifs is 2. The van der Waals surface area contributed by atoms with Crippen LogP contribution in [0.15, 0.2) is 73.1 Å². The van der Waals surface area contributed by atoms with Crippen LogP contribution in [-0.2, 0) is 0 Å². The summed E-state index contributed by atoms with van der Waals surface area (Å²) in [6.45, 7) is 10.9. The van der Waals surface area contributed by atoms with Gasteiger partial charge in [0.25, 0.3) is 0 Å². The van der Waals surface area contributed by atoms with Gasteiger partial charge >= 0.3 is 0 Å². The van der Waals surface area contributed by atoms with E-state index in [9.17, 15) is 0 Å². The lowest BCUT2D eigenvalue weighted by Gasteiger charge is -2.41. The summed E-state index contributed by atoms with van der Waals surface area (Å²) in [5.74, 6) is 2.20. The minimum atomic E-state index is 0.290.